The Morgan fingerprint density at radius 2 is 1.84 bits per heavy atom. The second kappa shape index (κ2) is 9.67. The fourth-order valence-corrected chi connectivity index (χ4v) is 5.18. The molecule has 166 valence electrons. The number of carbonyl (C=O) groups is 2. The molecule has 0 atom stereocenters. The quantitative estimate of drug-likeness (QED) is 0.628. The fourth-order valence-electron chi connectivity index (χ4n) is 3.20. The summed E-state index contributed by atoms with van der Waals surface area (Å²) in [5, 5.41) is 2.93. The number of ether oxygens (including phenoxy) is 2. The van der Waals surface area contributed by atoms with Gasteiger partial charge in [0.2, 0.25) is 10.0 Å². The van der Waals surface area contributed by atoms with Crippen LogP contribution in [0.4, 0.5) is 5.69 Å². The zero-order valence-corrected chi connectivity index (χ0v) is 18.8. The van der Waals surface area contributed by atoms with Gasteiger partial charge in [0.05, 0.1) is 23.4 Å². The van der Waals surface area contributed by atoms with Gasteiger partial charge in [0, 0.05) is 13.1 Å². The Bertz CT molecular complexity index is 1100. The van der Waals surface area contributed by atoms with Gasteiger partial charge in [-0.1, -0.05) is 17.7 Å². The van der Waals surface area contributed by atoms with Crippen LogP contribution in [0.25, 0.3) is 0 Å². The molecule has 1 fully saturated rings. The maximum absolute atomic E-state index is 12.9. The smallest absolute Gasteiger partial charge is 0.338 e. The van der Waals surface area contributed by atoms with E-state index in [0.29, 0.717) is 23.8 Å². The van der Waals surface area contributed by atoms with Gasteiger partial charge >= 0.3 is 5.97 Å². The first-order valence-electron chi connectivity index (χ1n) is 9.63. The van der Waals surface area contributed by atoms with E-state index in [1.165, 1.54) is 29.6 Å². The molecule has 0 spiro atoms. The van der Waals surface area contributed by atoms with Gasteiger partial charge < -0.3 is 14.8 Å². The standard InChI is InChI=1S/C21H23ClN2O6S/c1-14-5-7-17(16(22)11-14)23-20(25)13-30-21(26)15-6-8-18(29-2)19(12-15)31(27,28)24-9-3-4-10-24/h5-8,11-12H,3-4,9-10,13H2,1-2H3,(H,23,25). The van der Waals surface area contributed by atoms with Crippen molar-refractivity contribution >= 4 is 39.2 Å². The van der Waals surface area contributed by atoms with Crippen molar-refractivity contribution in [1.82, 2.24) is 4.31 Å². The Kier molecular flexibility index (Phi) is 7.19. The number of hydrogen-bond donors (Lipinski definition) is 1. The molecule has 31 heavy (non-hydrogen) atoms. The number of esters is 1. The molecular weight excluding hydrogens is 444 g/mol. The molecule has 1 aliphatic heterocycles. The number of hydrogen-bond acceptors (Lipinski definition) is 6. The third kappa shape index (κ3) is 5.36. The summed E-state index contributed by atoms with van der Waals surface area (Å²) < 4.78 is 37.4. The van der Waals surface area contributed by atoms with Crippen LogP contribution in [0.2, 0.25) is 5.02 Å². The highest BCUT2D eigenvalue weighted by atomic mass is 35.5. The molecule has 0 saturated carbocycles. The molecule has 0 aliphatic carbocycles. The van der Waals surface area contributed by atoms with Crippen molar-refractivity contribution < 1.29 is 27.5 Å². The van der Waals surface area contributed by atoms with E-state index in [1.807, 2.05) is 6.92 Å². The van der Waals surface area contributed by atoms with Gasteiger partial charge in [-0.3, -0.25) is 4.79 Å². The molecule has 10 heteroatoms. The zero-order valence-electron chi connectivity index (χ0n) is 17.2. The number of sulfonamides is 1. The topological polar surface area (TPSA) is 102 Å². The monoisotopic (exact) mass is 466 g/mol. The minimum Gasteiger partial charge on any atom is -0.495 e. The van der Waals surface area contributed by atoms with Crippen LogP contribution in [0.5, 0.6) is 5.75 Å². The van der Waals surface area contributed by atoms with Crippen LogP contribution in [0.15, 0.2) is 41.3 Å². The van der Waals surface area contributed by atoms with Gasteiger partial charge in [0.25, 0.3) is 5.91 Å². The average Bonchev–Trinajstić information content (AvgIpc) is 3.29. The van der Waals surface area contributed by atoms with Crippen LogP contribution in [-0.2, 0) is 19.6 Å². The van der Waals surface area contributed by atoms with Crippen molar-refractivity contribution in [2.24, 2.45) is 0 Å². The second-order valence-corrected chi connectivity index (χ2v) is 9.40. The third-order valence-corrected chi connectivity index (χ3v) is 7.05. The van der Waals surface area contributed by atoms with Gasteiger partial charge in [0.15, 0.2) is 6.61 Å². The summed E-state index contributed by atoms with van der Waals surface area (Å²) in [6.45, 7) is 2.15. The highest BCUT2D eigenvalue weighted by molar-refractivity contribution is 7.89. The number of halogens is 1. The number of anilines is 1. The van der Waals surface area contributed by atoms with Crippen LogP contribution in [-0.4, -0.2) is 51.4 Å². The maximum Gasteiger partial charge on any atom is 0.338 e. The molecule has 0 unspecified atom stereocenters. The lowest BCUT2D eigenvalue weighted by Crippen LogP contribution is -2.28. The van der Waals surface area contributed by atoms with Gasteiger partial charge in [0.1, 0.15) is 10.6 Å². The van der Waals surface area contributed by atoms with Crippen molar-refractivity contribution in [3.63, 3.8) is 0 Å². The minimum absolute atomic E-state index is 0.000241. The number of benzene rings is 2. The van der Waals surface area contributed by atoms with Crippen molar-refractivity contribution in [1.29, 1.82) is 0 Å². The van der Waals surface area contributed by atoms with Crippen LogP contribution in [0.1, 0.15) is 28.8 Å². The SMILES string of the molecule is COc1ccc(C(=O)OCC(=O)Nc2ccc(C)cc2Cl)cc1S(=O)(=O)N1CCCC1. The number of methoxy groups -OCH3 is 1. The lowest BCUT2D eigenvalue weighted by atomic mass is 10.2. The van der Waals surface area contributed by atoms with Crippen molar-refractivity contribution in [3.05, 3.63) is 52.5 Å². The minimum atomic E-state index is -3.81. The van der Waals surface area contributed by atoms with Crippen molar-refractivity contribution in [3.8, 4) is 5.75 Å². The molecule has 0 radical (unpaired) electrons. The van der Waals surface area contributed by atoms with Crippen LogP contribution in [0.3, 0.4) is 0 Å². The highest BCUT2D eigenvalue weighted by Crippen LogP contribution is 2.30. The summed E-state index contributed by atoms with van der Waals surface area (Å²) in [7, 11) is -2.45. The Balaban J connectivity index is 1.71. The van der Waals surface area contributed by atoms with Crippen LogP contribution < -0.4 is 10.1 Å². The normalized spacial score (nSPS) is 14.3. The van der Waals surface area contributed by atoms with E-state index in [1.54, 1.807) is 18.2 Å². The number of nitrogens with one attached hydrogen (secondary N) is 1. The van der Waals surface area contributed by atoms with E-state index in [2.05, 4.69) is 5.32 Å². The van der Waals surface area contributed by atoms with E-state index in [0.717, 1.165) is 18.4 Å². The molecule has 3 rings (SSSR count). The van der Waals surface area contributed by atoms with E-state index in [9.17, 15) is 18.0 Å². The molecule has 1 N–H and O–H groups in total. The second-order valence-electron chi connectivity index (χ2n) is 7.08. The number of carbonyl (C=O) groups excluding carboxylic acids is 2. The number of aryl methyl sites for hydroxylation is 1. The Labute approximate surface area is 186 Å². The maximum atomic E-state index is 12.9. The lowest BCUT2D eigenvalue weighted by Gasteiger charge is -2.18. The van der Waals surface area contributed by atoms with E-state index in [4.69, 9.17) is 21.1 Å². The highest BCUT2D eigenvalue weighted by Gasteiger charge is 2.31. The summed E-state index contributed by atoms with van der Waals surface area (Å²) in [4.78, 5) is 24.4. The molecule has 0 aromatic heterocycles. The van der Waals surface area contributed by atoms with E-state index in [-0.39, 0.29) is 16.2 Å². The molecule has 1 aliphatic rings. The van der Waals surface area contributed by atoms with Crippen molar-refractivity contribution in [2.75, 3.05) is 32.1 Å². The Hall–Kier alpha value is -2.62. The number of amides is 1. The molecule has 2 aromatic carbocycles. The first-order valence-corrected chi connectivity index (χ1v) is 11.5. The first kappa shape index (κ1) is 23.1. The first-order chi connectivity index (χ1) is 14.7. The molecular formula is C21H23ClN2O6S. The van der Waals surface area contributed by atoms with Gasteiger partial charge in [-0.05, 0) is 55.7 Å². The van der Waals surface area contributed by atoms with Gasteiger partial charge in [-0.25, -0.2) is 13.2 Å². The summed E-state index contributed by atoms with van der Waals surface area (Å²) in [6, 6.07) is 9.13. The molecule has 2 aromatic rings. The predicted molar refractivity (Wildman–Crippen MR) is 116 cm³/mol. The van der Waals surface area contributed by atoms with E-state index < -0.39 is 28.5 Å². The van der Waals surface area contributed by atoms with Crippen LogP contribution in [0, 0.1) is 6.92 Å². The summed E-state index contributed by atoms with van der Waals surface area (Å²) in [5.41, 5.74) is 1.34. The zero-order chi connectivity index (χ0) is 22.6. The van der Waals surface area contributed by atoms with E-state index >= 15 is 0 Å². The lowest BCUT2D eigenvalue weighted by molar-refractivity contribution is -0.119. The summed E-state index contributed by atoms with van der Waals surface area (Å²) in [6.07, 6.45) is 1.56. The predicted octanol–water partition coefficient (Wildman–Crippen LogP) is 3.24. The molecule has 0 bridgehead atoms. The molecule has 1 amide bonds. The Morgan fingerprint density at radius 1 is 1.13 bits per heavy atom. The number of nitrogens with zero attached hydrogens (tertiary/aromatic N) is 1. The van der Waals surface area contributed by atoms with Gasteiger partial charge in [-0.2, -0.15) is 4.31 Å². The molecule has 1 heterocycles. The molecule has 1 saturated heterocycles. The Morgan fingerprint density at radius 3 is 2.48 bits per heavy atom. The third-order valence-electron chi connectivity index (χ3n) is 4.82. The summed E-state index contributed by atoms with van der Waals surface area (Å²) >= 11 is 6.08. The van der Waals surface area contributed by atoms with Crippen molar-refractivity contribution in [2.45, 2.75) is 24.7 Å². The summed E-state index contributed by atoms with van der Waals surface area (Å²) in [5.74, 6) is -1.27. The number of rotatable bonds is 7. The molecule has 8 nitrogen and oxygen atoms in total. The van der Waals surface area contributed by atoms with Gasteiger partial charge in [-0.15, -0.1) is 0 Å². The largest absolute Gasteiger partial charge is 0.495 e. The average molecular weight is 467 g/mol. The van der Waals surface area contributed by atoms with Crippen LogP contribution >= 0.6 is 11.6 Å². The fraction of sp³-hybridized carbons (Fsp3) is 0.333.